The zero-order valence-electron chi connectivity index (χ0n) is 10.1. The Balaban J connectivity index is 2.23. The first kappa shape index (κ1) is 11.3. The molecule has 5 heteroatoms. The number of hydrogen-bond donors (Lipinski definition) is 1. The van der Waals surface area contributed by atoms with Gasteiger partial charge in [0.05, 0.1) is 16.9 Å². The molecule has 0 saturated heterocycles. The Hall–Kier alpha value is -2.17. The van der Waals surface area contributed by atoms with Crippen LogP contribution in [0.15, 0.2) is 24.5 Å². The highest BCUT2D eigenvalue weighted by Crippen LogP contribution is 2.14. The molecule has 0 spiro atoms. The molecule has 2 aromatic rings. The predicted molar refractivity (Wildman–Crippen MR) is 64.9 cm³/mol. The monoisotopic (exact) mass is 230 g/mol. The summed E-state index contributed by atoms with van der Waals surface area (Å²) in [6, 6.07) is 3.50. The van der Waals surface area contributed by atoms with Gasteiger partial charge in [0, 0.05) is 25.1 Å². The second-order valence-electron chi connectivity index (χ2n) is 3.89. The molecule has 0 aliphatic rings. The van der Waals surface area contributed by atoms with E-state index in [2.05, 4.69) is 15.4 Å². The molecule has 1 N–H and O–H groups in total. The minimum atomic E-state index is -0.160. The number of carbonyl (C=O) groups excluding carboxylic acids is 1. The van der Waals surface area contributed by atoms with Crippen molar-refractivity contribution in [2.24, 2.45) is 7.05 Å². The third kappa shape index (κ3) is 2.33. The van der Waals surface area contributed by atoms with Gasteiger partial charge in [0.1, 0.15) is 0 Å². The van der Waals surface area contributed by atoms with Crippen LogP contribution in [0.3, 0.4) is 0 Å². The van der Waals surface area contributed by atoms with E-state index in [0.29, 0.717) is 11.3 Å². The number of nitrogens with zero attached hydrogens (tertiary/aromatic N) is 3. The van der Waals surface area contributed by atoms with E-state index in [1.54, 1.807) is 29.2 Å². The SMILES string of the molecule is Cc1nn(C)cc1NC(=O)c1cccnc1C. The lowest BCUT2D eigenvalue weighted by Crippen LogP contribution is -2.14. The maximum Gasteiger partial charge on any atom is 0.257 e. The van der Waals surface area contributed by atoms with Gasteiger partial charge in [-0.25, -0.2) is 0 Å². The number of hydrogen-bond acceptors (Lipinski definition) is 3. The smallest absolute Gasteiger partial charge is 0.257 e. The second kappa shape index (κ2) is 4.37. The summed E-state index contributed by atoms with van der Waals surface area (Å²) in [5.41, 5.74) is 2.81. The van der Waals surface area contributed by atoms with Crippen LogP contribution in [0.2, 0.25) is 0 Å². The van der Waals surface area contributed by atoms with Gasteiger partial charge in [-0.2, -0.15) is 5.10 Å². The lowest BCUT2D eigenvalue weighted by molar-refractivity contribution is 0.102. The molecular weight excluding hydrogens is 216 g/mol. The fourth-order valence-corrected chi connectivity index (χ4v) is 1.64. The normalized spacial score (nSPS) is 10.3. The number of anilines is 1. The molecule has 0 aliphatic carbocycles. The van der Waals surface area contributed by atoms with Gasteiger partial charge < -0.3 is 5.32 Å². The average Bonchev–Trinajstić information content (AvgIpc) is 2.58. The van der Waals surface area contributed by atoms with Crippen molar-refractivity contribution < 1.29 is 4.79 Å². The van der Waals surface area contributed by atoms with Crippen LogP contribution < -0.4 is 5.32 Å². The summed E-state index contributed by atoms with van der Waals surface area (Å²) < 4.78 is 1.67. The molecule has 1 amide bonds. The Morgan fingerprint density at radius 3 is 2.71 bits per heavy atom. The van der Waals surface area contributed by atoms with E-state index in [1.807, 2.05) is 20.9 Å². The Kier molecular flexibility index (Phi) is 2.91. The first-order chi connectivity index (χ1) is 8.08. The van der Waals surface area contributed by atoms with E-state index in [4.69, 9.17) is 0 Å². The van der Waals surface area contributed by atoms with E-state index >= 15 is 0 Å². The molecule has 2 rings (SSSR count). The third-order valence-electron chi connectivity index (χ3n) is 2.51. The second-order valence-corrected chi connectivity index (χ2v) is 3.89. The van der Waals surface area contributed by atoms with Crippen molar-refractivity contribution in [2.75, 3.05) is 5.32 Å². The van der Waals surface area contributed by atoms with Gasteiger partial charge in [0.15, 0.2) is 0 Å². The zero-order valence-corrected chi connectivity index (χ0v) is 10.1. The molecule has 0 bridgehead atoms. The van der Waals surface area contributed by atoms with Crippen molar-refractivity contribution in [3.8, 4) is 0 Å². The van der Waals surface area contributed by atoms with E-state index in [9.17, 15) is 4.79 Å². The Morgan fingerprint density at radius 1 is 1.35 bits per heavy atom. The van der Waals surface area contributed by atoms with E-state index in [-0.39, 0.29) is 5.91 Å². The topological polar surface area (TPSA) is 59.8 Å². The van der Waals surface area contributed by atoms with Crippen molar-refractivity contribution in [3.05, 3.63) is 41.5 Å². The summed E-state index contributed by atoms with van der Waals surface area (Å²) in [5.74, 6) is -0.160. The first-order valence-corrected chi connectivity index (χ1v) is 5.31. The molecule has 0 atom stereocenters. The number of carbonyl (C=O) groups is 1. The number of amides is 1. The fourth-order valence-electron chi connectivity index (χ4n) is 1.64. The molecule has 0 fully saturated rings. The molecule has 88 valence electrons. The lowest BCUT2D eigenvalue weighted by Gasteiger charge is -2.05. The van der Waals surface area contributed by atoms with Gasteiger partial charge in [-0.3, -0.25) is 14.5 Å². The molecular formula is C12H14N4O. The van der Waals surface area contributed by atoms with Crippen LogP contribution in [0.25, 0.3) is 0 Å². The Bertz CT molecular complexity index is 559. The lowest BCUT2D eigenvalue weighted by atomic mass is 10.2. The van der Waals surface area contributed by atoms with Crippen molar-refractivity contribution in [3.63, 3.8) is 0 Å². The van der Waals surface area contributed by atoms with Crippen LogP contribution >= 0.6 is 0 Å². The van der Waals surface area contributed by atoms with Gasteiger partial charge in [-0.05, 0) is 26.0 Å². The summed E-state index contributed by atoms with van der Waals surface area (Å²) in [6.45, 7) is 3.66. The molecule has 2 heterocycles. The van der Waals surface area contributed by atoms with Gasteiger partial charge in [0.2, 0.25) is 0 Å². The number of rotatable bonds is 2. The van der Waals surface area contributed by atoms with Crippen molar-refractivity contribution >= 4 is 11.6 Å². The first-order valence-electron chi connectivity index (χ1n) is 5.31. The van der Waals surface area contributed by atoms with Crippen molar-refractivity contribution in [1.82, 2.24) is 14.8 Å². The van der Waals surface area contributed by atoms with Gasteiger partial charge in [-0.15, -0.1) is 0 Å². The molecule has 0 saturated carbocycles. The van der Waals surface area contributed by atoms with Gasteiger partial charge >= 0.3 is 0 Å². The Morgan fingerprint density at radius 2 is 2.12 bits per heavy atom. The maximum atomic E-state index is 12.0. The number of pyridine rings is 1. The van der Waals surface area contributed by atoms with Crippen LogP contribution in [0.1, 0.15) is 21.7 Å². The van der Waals surface area contributed by atoms with Crippen LogP contribution in [-0.4, -0.2) is 20.7 Å². The molecule has 0 unspecified atom stereocenters. The van der Waals surface area contributed by atoms with Gasteiger partial charge in [-0.1, -0.05) is 0 Å². The quantitative estimate of drug-likeness (QED) is 0.854. The summed E-state index contributed by atoms with van der Waals surface area (Å²) in [7, 11) is 1.82. The van der Waals surface area contributed by atoms with E-state index in [1.165, 1.54) is 0 Å². The average molecular weight is 230 g/mol. The van der Waals surface area contributed by atoms with Crippen LogP contribution in [-0.2, 0) is 7.05 Å². The maximum absolute atomic E-state index is 12.0. The van der Waals surface area contributed by atoms with Gasteiger partial charge in [0.25, 0.3) is 5.91 Å². The summed E-state index contributed by atoms with van der Waals surface area (Å²) >= 11 is 0. The van der Waals surface area contributed by atoms with Crippen molar-refractivity contribution in [2.45, 2.75) is 13.8 Å². The molecule has 0 radical (unpaired) electrons. The minimum Gasteiger partial charge on any atom is -0.319 e. The summed E-state index contributed by atoms with van der Waals surface area (Å²) in [4.78, 5) is 16.1. The highest BCUT2D eigenvalue weighted by molar-refractivity contribution is 6.05. The standard InChI is InChI=1S/C12H14N4O/c1-8-10(5-4-6-13-8)12(17)14-11-7-16(3)15-9(11)2/h4-7H,1-3H3,(H,14,17). The molecule has 2 aromatic heterocycles. The summed E-state index contributed by atoms with van der Waals surface area (Å²) in [5, 5.41) is 6.99. The summed E-state index contributed by atoms with van der Waals surface area (Å²) in [6.07, 6.45) is 3.44. The number of aryl methyl sites for hydroxylation is 3. The van der Waals surface area contributed by atoms with Crippen LogP contribution in [0.4, 0.5) is 5.69 Å². The molecule has 0 aromatic carbocycles. The highest BCUT2D eigenvalue weighted by Gasteiger charge is 2.12. The van der Waals surface area contributed by atoms with Crippen molar-refractivity contribution in [1.29, 1.82) is 0 Å². The minimum absolute atomic E-state index is 0.160. The highest BCUT2D eigenvalue weighted by atomic mass is 16.1. The number of aromatic nitrogens is 3. The van der Waals surface area contributed by atoms with E-state index < -0.39 is 0 Å². The molecule has 0 aliphatic heterocycles. The third-order valence-corrected chi connectivity index (χ3v) is 2.51. The zero-order chi connectivity index (χ0) is 12.4. The largest absolute Gasteiger partial charge is 0.319 e. The fraction of sp³-hybridized carbons (Fsp3) is 0.250. The Labute approximate surface area is 99.5 Å². The van der Waals surface area contributed by atoms with E-state index in [0.717, 1.165) is 11.4 Å². The molecule has 17 heavy (non-hydrogen) atoms. The van der Waals surface area contributed by atoms with Crippen LogP contribution in [0.5, 0.6) is 0 Å². The molecule has 5 nitrogen and oxygen atoms in total. The van der Waals surface area contributed by atoms with Crippen LogP contribution in [0, 0.1) is 13.8 Å². The number of nitrogens with one attached hydrogen (secondary N) is 1. The predicted octanol–water partition coefficient (Wildman–Crippen LogP) is 1.68.